The molecule has 0 spiro atoms. The van der Waals surface area contributed by atoms with Crippen LogP contribution in [-0.2, 0) is 11.3 Å². The molecule has 0 radical (unpaired) electrons. The Kier molecular flexibility index (Phi) is 4.98. The second-order valence-electron chi connectivity index (χ2n) is 5.87. The van der Waals surface area contributed by atoms with E-state index in [0.717, 1.165) is 28.6 Å². The predicted molar refractivity (Wildman–Crippen MR) is 111 cm³/mol. The minimum Gasteiger partial charge on any atom is -0.340 e. The number of aromatic nitrogens is 2. The number of rotatable bonds is 5. The molecule has 3 N–H and O–H groups in total. The average molecular weight is 398 g/mol. The van der Waals surface area contributed by atoms with Crippen LogP contribution in [-0.4, -0.2) is 21.8 Å². The Balaban J connectivity index is 1.69. The number of thioether (sulfide) groups is 1. The number of hydrogen-bond donors (Lipinski definition) is 2. The van der Waals surface area contributed by atoms with Crippen LogP contribution < -0.4 is 16.0 Å². The molecule has 8 heteroatoms. The summed E-state index contributed by atoms with van der Waals surface area (Å²) in [6, 6.07) is 13.2. The van der Waals surface area contributed by atoms with E-state index in [1.807, 2.05) is 41.3 Å². The zero-order valence-electron chi connectivity index (χ0n) is 14.2. The molecule has 3 aromatic rings. The van der Waals surface area contributed by atoms with E-state index < -0.39 is 0 Å². The first-order chi connectivity index (χ1) is 13.2. The van der Waals surface area contributed by atoms with Gasteiger partial charge in [0.25, 0.3) is 0 Å². The monoisotopic (exact) mass is 397 g/mol. The second-order valence-corrected chi connectivity index (χ2v) is 7.43. The number of halogens is 1. The molecule has 0 amide bonds. The van der Waals surface area contributed by atoms with E-state index in [-0.39, 0.29) is 5.50 Å². The van der Waals surface area contributed by atoms with Crippen molar-refractivity contribution in [3.05, 3.63) is 70.4 Å². The summed E-state index contributed by atoms with van der Waals surface area (Å²) in [6.07, 6.45) is 4.27. The number of anilines is 2. The molecule has 136 valence electrons. The molecule has 2 aromatic carbocycles. The molecule has 0 aliphatic carbocycles. The summed E-state index contributed by atoms with van der Waals surface area (Å²) < 4.78 is 0. The maximum absolute atomic E-state index is 11.4. The van der Waals surface area contributed by atoms with Gasteiger partial charge in [-0.05, 0) is 23.8 Å². The summed E-state index contributed by atoms with van der Waals surface area (Å²) in [5.74, 6) is 0.609. The van der Waals surface area contributed by atoms with Crippen LogP contribution in [0.2, 0.25) is 5.02 Å². The van der Waals surface area contributed by atoms with Crippen molar-refractivity contribution in [1.29, 1.82) is 0 Å². The summed E-state index contributed by atoms with van der Waals surface area (Å²) in [4.78, 5) is 22.9. The molecule has 0 saturated carbocycles. The van der Waals surface area contributed by atoms with Crippen molar-refractivity contribution < 1.29 is 4.79 Å². The van der Waals surface area contributed by atoms with Crippen molar-refractivity contribution in [2.75, 3.05) is 10.2 Å². The van der Waals surface area contributed by atoms with E-state index >= 15 is 0 Å². The van der Waals surface area contributed by atoms with Crippen LogP contribution in [0, 0.1) is 0 Å². The van der Waals surface area contributed by atoms with Crippen molar-refractivity contribution in [1.82, 2.24) is 9.97 Å². The molecule has 2 heterocycles. The van der Waals surface area contributed by atoms with Crippen LogP contribution in [0.15, 0.2) is 59.8 Å². The summed E-state index contributed by atoms with van der Waals surface area (Å²) in [5, 5.41) is 3.90. The van der Waals surface area contributed by atoms with Gasteiger partial charge in [0.1, 0.15) is 5.82 Å². The standard InChI is InChI=1S/C19H16ClN5OS/c20-14-5-3-4-12(8-21)18(14)25-10-13(11-26)27-19(25)24-17-9-22-15-6-1-2-7-16(15)23-17/h1-7,9-11,19H,8,21H2,(H,23,24). The lowest BCUT2D eigenvalue weighted by molar-refractivity contribution is -0.104. The zero-order valence-corrected chi connectivity index (χ0v) is 15.7. The van der Waals surface area contributed by atoms with Crippen molar-refractivity contribution in [2.45, 2.75) is 12.0 Å². The second kappa shape index (κ2) is 7.56. The smallest absolute Gasteiger partial charge is 0.158 e. The van der Waals surface area contributed by atoms with E-state index in [2.05, 4.69) is 15.3 Å². The topological polar surface area (TPSA) is 84.1 Å². The molecule has 1 aliphatic rings. The number of allylic oxidation sites excluding steroid dienone is 1. The maximum Gasteiger partial charge on any atom is 0.158 e. The summed E-state index contributed by atoms with van der Waals surface area (Å²) in [5.41, 5.74) is 8.87. The van der Waals surface area contributed by atoms with Gasteiger partial charge in [0.2, 0.25) is 0 Å². The molecular formula is C19H16ClN5OS. The molecular weight excluding hydrogens is 382 g/mol. The number of para-hydroxylation sites is 3. The van der Waals surface area contributed by atoms with E-state index in [1.165, 1.54) is 11.8 Å². The van der Waals surface area contributed by atoms with Crippen LogP contribution in [0.25, 0.3) is 11.0 Å². The molecule has 1 unspecified atom stereocenters. The maximum atomic E-state index is 11.4. The van der Waals surface area contributed by atoms with E-state index in [1.54, 1.807) is 18.5 Å². The molecule has 0 fully saturated rings. The van der Waals surface area contributed by atoms with Gasteiger partial charge in [-0.15, -0.1) is 0 Å². The van der Waals surface area contributed by atoms with Crippen molar-refractivity contribution >= 4 is 52.2 Å². The first-order valence-electron chi connectivity index (χ1n) is 8.27. The fourth-order valence-electron chi connectivity index (χ4n) is 2.93. The van der Waals surface area contributed by atoms with E-state index in [4.69, 9.17) is 17.3 Å². The highest BCUT2D eigenvalue weighted by Gasteiger charge is 2.29. The van der Waals surface area contributed by atoms with Crippen LogP contribution in [0.4, 0.5) is 11.5 Å². The quantitative estimate of drug-likeness (QED) is 0.634. The molecule has 1 aliphatic heterocycles. The summed E-state index contributed by atoms with van der Waals surface area (Å²) in [7, 11) is 0. The Morgan fingerprint density at radius 2 is 2.04 bits per heavy atom. The molecule has 0 bridgehead atoms. The first-order valence-corrected chi connectivity index (χ1v) is 9.53. The zero-order chi connectivity index (χ0) is 18.8. The number of nitrogens with one attached hydrogen (secondary N) is 1. The number of hydrogen-bond acceptors (Lipinski definition) is 7. The van der Waals surface area contributed by atoms with Crippen LogP contribution in [0.3, 0.4) is 0 Å². The highest BCUT2D eigenvalue weighted by Crippen LogP contribution is 2.40. The number of fused-ring (bicyclic) bond motifs is 1. The fraction of sp³-hybridized carbons (Fsp3) is 0.105. The highest BCUT2D eigenvalue weighted by atomic mass is 35.5. The third kappa shape index (κ3) is 3.49. The Morgan fingerprint density at radius 1 is 1.22 bits per heavy atom. The Morgan fingerprint density at radius 3 is 2.81 bits per heavy atom. The van der Waals surface area contributed by atoms with Gasteiger partial charge < -0.3 is 16.0 Å². The molecule has 27 heavy (non-hydrogen) atoms. The highest BCUT2D eigenvalue weighted by molar-refractivity contribution is 8.04. The molecule has 1 atom stereocenters. The Hall–Kier alpha value is -2.61. The van der Waals surface area contributed by atoms with Crippen LogP contribution >= 0.6 is 23.4 Å². The van der Waals surface area contributed by atoms with Crippen molar-refractivity contribution in [2.24, 2.45) is 5.73 Å². The van der Waals surface area contributed by atoms with Gasteiger partial charge in [0.15, 0.2) is 11.8 Å². The minimum absolute atomic E-state index is 0.300. The molecule has 4 rings (SSSR count). The molecule has 6 nitrogen and oxygen atoms in total. The van der Waals surface area contributed by atoms with Crippen molar-refractivity contribution in [3.63, 3.8) is 0 Å². The van der Waals surface area contributed by atoms with Crippen molar-refractivity contribution in [3.8, 4) is 0 Å². The first kappa shape index (κ1) is 17.8. The van der Waals surface area contributed by atoms with Gasteiger partial charge in [-0.2, -0.15) is 0 Å². The Bertz CT molecular complexity index is 1040. The number of nitrogens with two attached hydrogens (primary N) is 1. The molecule has 1 aromatic heterocycles. The Labute approximate surface area is 165 Å². The third-order valence-electron chi connectivity index (χ3n) is 4.15. The number of aldehydes is 1. The predicted octanol–water partition coefficient (Wildman–Crippen LogP) is 3.73. The van der Waals surface area contributed by atoms with Crippen LogP contribution in [0.5, 0.6) is 0 Å². The number of benzene rings is 2. The minimum atomic E-state index is -0.300. The van der Waals surface area contributed by atoms with Gasteiger partial charge in [0.05, 0.1) is 32.8 Å². The average Bonchev–Trinajstić information content (AvgIpc) is 3.10. The van der Waals surface area contributed by atoms with Gasteiger partial charge in [0, 0.05) is 12.7 Å². The normalized spacial score (nSPS) is 16.4. The number of carbonyl (C=O) groups excluding carboxylic acids is 1. The van der Waals surface area contributed by atoms with Gasteiger partial charge in [-0.25, -0.2) is 4.98 Å². The van der Waals surface area contributed by atoms with Gasteiger partial charge in [-0.1, -0.05) is 47.6 Å². The van der Waals surface area contributed by atoms with Crippen LogP contribution in [0.1, 0.15) is 5.56 Å². The van der Waals surface area contributed by atoms with Gasteiger partial charge >= 0.3 is 0 Å². The third-order valence-corrected chi connectivity index (χ3v) is 5.50. The largest absolute Gasteiger partial charge is 0.340 e. The molecule has 0 saturated heterocycles. The lowest BCUT2D eigenvalue weighted by Gasteiger charge is -2.28. The van der Waals surface area contributed by atoms with E-state index in [0.29, 0.717) is 22.3 Å². The lowest BCUT2D eigenvalue weighted by atomic mass is 10.1. The number of nitrogens with zero attached hydrogens (tertiary/aromatic N) is 3. The SMILES string of the molecule is NCc1cccc(Cl)c1N1C=C(C=O)SC1Nc1cnc2ccccc2n1. The van der Waals surface area contributed by atoms with E-state index in [9.17, 15) is 4.79 Å². The summed E-state index contributed by atoms with van der Waals surface area (Å²) >= 11 is 7.83. The lowest BCUT2D eigenvalue weighted by Crippen LogP contribution is -2.33. The fourth-order valence-corrected chi connectivity index (χ4v) is 4.17. The summed E-state index contributed by atoms with van der Waals surface area (Å²) in [6.45, 7) is 0.337. The van der Waals surface area contributed by atoms with Gasteiger partial charge in [-0.3, -0.25) is 9.78 Å². The number of carbonyl (C=O) groups is 1.